The lowest BCUT2D eigenvalue weighted by Crippen LogP contribution is -2.23. The van der Waals surface area contributed by atoms with Gasteiger partial charge in [-0.25, -0.2) is 0 Å². The van der Waals surface area contributed by atoms with E-state index in [1.165, 1.54) is 23.1 Å². The molecule has 0 radical (unpaired) electrons. The number of aromatic nitrogens is 5. The van der Waals surface area contributed by atoms with Gasteiger partial charge >= 0.3 is 0 Å². The molecule has 3 rings (SSSR count). The molecular formula is C20H26N6O3S2. The Morgan fingerprint density at radius 1 is 1.13 bits per heavy atom. The summed E-state index contributed by atoms with van der Waals surface area (Å²) < 4.78 is 13.3. The summed E-state index contributed by atoms with van der Waals surface area (Å²) in [5.74, 6) is 1.92. The number of nitrogens with zero attached hydrogens (tertiary/aromatic N) is 5. The van der Waals surface area contributed by atoms with Crippen molar-refractivity contribution in [3.05, 3.63) is 35.1 Å². The lowest BCUT2D eigenvalue weighted by molar-refractivity contribution is -0.115. The van der Waals surface area contributed by atoms with Gasteiger partial charge in [0.15, 0.2) is 17.1 Å². The maximum absolute atomic E-state index is 12.6. The highest BCUT2D eigenvalue weighted by Crippen LogP contribution is 2.31. The SMILES string of the molecule is COc1cccc(OC(C)c2nnc(SC(C)C(=O)Nc3nnc(C)s3)n2C(C)C)c1. The molecule has 2 heterocycles. The Hall–Kier alpha value is -2.66. The van der Waals surface area contributed by atoms with Crippen LogP contribution in [-0.2, 0) is 4.79 Å². The summed E-state index contributed by atoms with van der Waals surface area (Å²) in [6.07, 6.45) is -0.343. The van der Waals surface area contributed by atoms with Crippen LogP contribution in [0, 0.1) is 6.92 Å². The summed E-state index contributed by atoms with van der Waals surface area (Å²) in [5, 5.41) is 20.9. The highest BCUT2D eigenvalue weighted by molar-refractivity contribution is 8.00. The Bertz CT molecular complexity index is 1040. The number of aryl methyl sites for hydroxylation is 1. The van der Waals surface area contributed by atoms with Crippen LogP contribution in [0.15, 0.2) is 29.4 Å². The Morgan fingerprint density at radius 3 is 2.52 bits per heavy atom. The van der Waals surface area contributed by atoms with Gasteiger partial charge in [0.25, 0.3) is 0 Å². The van der Waals surface area contributed by atoms with E-state index in [-0.39, 0.29) is 18.1 Å². The monoisotopic (exact) mass is 462 g/mol. The molecule has 9 nitrogen and oxygen atoms in total. The molecule has 1 N–H and O–H groups in total. The number of methoxy groups -OCH3 is 1. The average Bonchev–Trinajstić information content (AvgIpc) is 3.34. The average molecular weight is 463 g/mol. The minimum atomic E-state index is -0.395. The van der Waals surface area contributed by atoms with Gasteiger partial charge in [-0.15, -0.1) is 20.4 Å². The van der Waals surface area contributed by atoms with Crippen LogP contribution in [0.1, 0.15) is 50.7 Å². The second-order valence-corrected chi connectivity index (χ2v) is 9.61. The molecule has 2 aromatic heterocycles. The summed E-state index contributed by atoms with van der Waals surface area (Å²) in [7, 11) is 1.62. The lowest BCUT2D eigenvalue weighted by atomic mass is 10.3. The topological polar surface area (TPSA) is 104 Å². The van der Waals surface area contributed by atoms with Gasteiger partial charge in [0.05, 0.1) is 12.4 Å². The van der Waals surface area contributed by atoms with Crippen LogP contribution < -0.4 is 14.8 Å². The Kier molecular flexibility index (Phi) is 7.50. The largest absolute Gasteiger partial charge is 0.497 e. The third-order valence-corrected chi connectivity index (χ3v) is 6.14. The minimum Gasteiger partial charge on any atom is -0.497 e. The molecule has 11 heteroatoms. The van der Waals surface area contributed by atoms with Crippen LogP contribution in [0.4, 0.5) is 5.13 Å². The van der Waals surface area contributed by atoms with Crippen molar-refractivity contribution in [1.82, 2.24) is 25.0 Å². The smallest absolute Gasteiger partial charge is 0.239 e. The summed E-state index contributed by atoms with van der Waals surface area (Å²) in [5.41, 5.74) is 0. The van der Waals surface area contributed by atoms with Crippen LogP contribution in [-0.4, -0.2) is 43.2 Å². The van der Waals surface area contributed by atoms with E-state index in [9.17, 15) is 4.79 Å². The standard InChI is InChI=1S/C20H26N6O3S2/c1-11(2)26-17(12(3)29-16-9-7-8-15(10-16)28-6)23-25-20(26)30-13(4)18(27)21-19-24-22-14(5)31-19/h7-13H,1-6H3,(H,21,24,27). The van der Waals surface area contributed by atoms with Crippen LogP contribution >= 0.6 is 23.1 Å². The highest BCUT2D eigenvalue weighted by Gasteiger charge is 2.25. The number of carbonyl (C=O) groups excluding carboxylic acids is 1. The summed E-state index contributed by atoms with van der Waals surface area (Å²) in [6, 6.07) is 7.51. The van der Waals surface area contributed by atoms with Crippen molar-refractivity contribution in [3.63, 3.8) is 0 Å². The fraction of sp³-hybridized carbons (Fsp3) is 0.450. The number of ether oxygens (including phenoxy) is 2. The molecule has 0 aliphatic carbocycles. The predicted octanol–water partition coefficient (Wildman–Crippen LogP) is 4.29. The van der Waals surface area contributed by atoms with Gasteiger partial charge in [-0.05, 0) is 46.8 Å². The van der Waals surface area contributed by atoms with E-state index < -0.39 is 5.25 Å². The van der Waals surface area contributed by atoms with Crippen molar-refractivity contribution in [1.29, 1.82) is 0 Å². The number of nitrogens with one attached hydrogen (secondary N) is 1. The second kappa shape index (κ2) is 10.1. The zero-order valence-corrected chi connectivity index (χ0v) is 20.0. The molecular weight excluding hydrogens is 436 g/mol. The summed E-state index contributed by atoms with van der Waals surface area (Å²) in [4.78, 5) is 12.6. The fourth-order valence-electron chi connectivity index (χ4n) is 2.83. The molecule has 0 fully saturated rings. The minimum absolute atomic E-state index is 0.0879. The van der Waals surface area contributed by atoms with Gasteiger partial charge in [0.1, 0.15) is 16.5 Å². The molecule has 1 aromatic carbocycles. The van der Waals surface area contributed by atoms with Gasteiger partial charge < -0.3 is 14.0 Å². The van der Waals surface area contributed by atoms with Crippen molar-refractivity contribution in [2.75, 3.05) is 12.4 Å². The number of amides is 1. The van der Waals surface area contributed by atoms with E-state index in [1.807, 2.05) is 63.5 Å². The third-order valence-electron chi connectivity index (χ3n) is 4.33. The van der Waals surface area contributed by atoms with Gasteiger partial charge in [0.2, 0.25) is 11.0 Å². The molecule has 1 amide bonds. The number of anilines is 1. The van der Waals surface area contributed by atoms with Gasteiger partial charge in [0, 0.05) is 12.1 Å². The summed E-state index contributed by atoms with van der Waals surface area (Å²) >= 11 is 2.68. The van der Waals surface area contributed by atoms with E-state index >= 15 is 0 Å². The molecule has 31 heavy (non-hydrogen) atoms. The Labute approximate surface area is 189 Å². The van der Waals surface area contributed by atoms with Crippen LogP contribution in [0.5, 0.6) is 11.5 Å². The molecule has 0 saturated heterocycles. The number of benzene rings is 1. The Balaban J connectivity index is 1.73. The molecule has 2 unspecified atom stereocenters. The maximum Gasteiger partial charge on any atom is 0.239 e. The van der Waals surface area contributed by atoms with Crippen molar-refractivity contribution >= 4 is 34.1 Å². The van der Waals surface area contributed by atoms with Crippen molar-refractivity contribution in [3.8, 4) is 11.5 Å². The lowest BCUT2D eigenvalue weighted by Gasteiger charge is -2.19. The number of thioether (sulfide) groups is 1. The zero-order chi connectivity index (χ0) is 22.5. The normalized spacial score (nSPS) is 13.1. The Morgan fingerprint density at radius 2 is 1.87 bits per heavy atom. The van der Waals surface area contributed by atoms with Crippen molar-refractivity contribution in [2.45, 2.75) is 57.2 Å². The number of hydrogen-bond acceptors (Lipinski definition) is 9. The first-order valence-corrected chi connectivity index (χ1v) is 11.5. The highest BCUT2D eigenvalue weighted by atomic mass is 32.2. The zero-order valence-electron chi connectivity index (χ0n) is 18.3. The van der Waals surface area contributed by atoms with Crippen molar-refractivity contribution in [2.24, 2.45) is 0 Å². The first kappa shape index (κ1) is 23.0. The van der Waals surface area contributed by atoms with E-state index in [2.05, 4.69) is 25.7 Å². The molecule has 3 aromatic rings. The number of hydrogen-bond donors (Lipinski definition) is 1. The molecule has 2 atom stereocenters. The molecule has 0 bridgehead atoms. The van der Waals surface area contributed by atoms with Crippen LogP contribution in [0.25, 0.3) is 0 Å². The van der Waals surface area contributed by atoms with Crippen molar-refractivity contribution < 1.29 is 14.3 Å². The van der Waals surface area contributed by atoms with Crippen LogP contribution in [0.2, 0.25) is 0 Å². The third kappa shape index (κ3) is 5.73. The van der Waals surface area contributed by atoms with Gasteiger partial charge in [-0.1, -0.05) is 29.2 Å². The number of carbonyl (C=O) groups is 1. The molecule has 166 valence electrons. The fourth-order valence-corrected chi connectivity index (χ4v) is 4.41. The first-order valence-electron chi connectivity index (χ1n) is 9.81. The van der Waals surface area contributed by atoms with E-state index in [0.717, 1.165) is 10.8 Å². The van der Waals surface area contributed by atoms with E-state index in [0.29, 0.717) is 21.9 Å². The van der Waals surface area contributed by atoms with E-state index in [1.54, 1.807) is 7.11 Å². The molecule has 0 saturated carbocycles. The van der Waals surface area contributed by atoms with Gasteiger partial charge in [-0.3, -0.25) is 10.1 Å². The van der Waals surface area contributed by atoms with Crippen LogP contribution in [0.3, 0.4) is 0 Å². The number of rotatable bonds is 9. The quantitative estimate of drug-likeness (QED) is 0.470. The molecule has 0 spiro atoms. The molecule has 0 aliphatic rings. The molecule has 0 aliphatic heterocycles. The van der Waals surface area contributed by atoms with E-state index in [4.69, 9.17) is 9.47 Å². The summed E-state index contributed by atoms with van der Waals surface area (Å²) in [6.45, 7) is 9.68. The maximum atomic E-state index is 12.6. The van der Waals surface area contributed by atoms with Gasteiger partial charge in [-0.2, -0.15) is 0 Å². The predicted molar refractivity (Wildman–Crippen MR) is 121 cm³/mol. The second-order valence-electron chi connectivity index (χ2n) is 7.12. The first-order chi connectivity index (χ1) is 14.8.